The molecule has 3 aromatic rings. The van der Waals surface area contributed by atoms with Gasteiger partial charge in [0.25, 0.3) is 0 Å². The van der Waals surface area contributed by atoms with Crippen LogP contribution in [0.15, 0.2) is 29.4 Å². The molecule has 1 N–H and O–H groups in total. The van der Waals surface area contributed by atoms with E-state index in [2.05, 4.69) is 20.1 Å². The summed E-state index contributed by atoms with van der Waals surface area (Å²) in [4.78, 5) is 26.6. The molecule has 9 heteroatoms. The fourth-order valence-electron chi connectivity index (χ4n) is 3.59. The highest BCUT2D eigenvalue weighted by molar-refractivity contribution is 7.99. The summed E-state index contributed by atoms with van der Waals surface area (Å²) in [7, 11) is 0. The van der Waals surface area contributed by atoms with E-state index < -0.39 is 5.97 Å². The van der Waals surface area contributed by atoms with E-state index in [1.54, 1.807) is 6.92 Å². The molecular formula is C23H26N4O3S2. The Bertz CT molecular complexity index is 1150. The third kappa shape index (κ3) is 4.73. The number of amides is 1. The molecule has 0 unspecified atom stereocenters. The Morgan fingerprint density at radius 2 is 1.91 bits per heavy atom. The lowest BCUT2D eigenvalue weighted by Crippen LogP contribution is -2.17. The summed E-state index contributed by atoms with van der Waals surface area (Å²) in [6.07, 6.45) is 2.25. The number of aromatic nitrogens is 3. The van der Waals surface area contributed by atoms with Gasteiger partial charge >= 0.3 is 5.97 Å². The number of ether oxygens (including phenoxy) is 1. The van der Waals surface area contributed by atoms with Gasteiger partial charge in [0.05, 0.1) is 12.4 Å². The zero-order valence-corrected chi connectivity index (χ0v) is 20.2. The van der Waals surface area contributed by atoms with Crippen molar-refractivity contribution in [2.45, 2.75) is 51.7 Å². The lowest BCUT2D eigenvalue weighted by Gasteiger charge is -2.10. The van der Waals surface area contributed by atoms with Gasteiger partial charge in [-0.05, 0) is 46.1 Å². The fourth-order valence-corrected chi connectivity index (χ4v) is 5.52. The Balaban J connectivity index is 1.56. The number of rotatable bonds is 8. The number of carbonyl (C=O) groups is 2. The molecule has 0 radical (unpaired) electrons. The van der Waals surface area contributed by atoms with Crippen molar-refractivity contribution in [2.75, 3.05) is 17.7 Å². The van der Waals surface area contributed by atoms with Crippen molar-refractivity contribution in [2.24, 2.45) is 0 Å². The maximum atomic E-state index is 12.8. The lowest BCUT2D eigenvalue weighted by atomic mass is 10.0. The highest BCUT2D eigenvalue weighted by atomic mass is 32.2. The standard InChI is InChI=1S/C23H26N4O3S2/c1-5-30-22(29)20-19(16-8-6-13(2)7-9-16)14(3)32-21(20)24-18(28)12-31-23-26-25-15(4)27(23)17-10-11-17/h6-9,17H,5,10-12H2,1-4H3,(H,24,28). The van der Waals surface area contributed by atoms with Crippen molar-refractivity contribution >= 4 is 40.0 Å². The molecule has 1 fully saturated rings. The van der Waals surface area contributed by atoms with Gasteiger partial charge in [-0.25, -0.2) is 4.79 Å². The normalized spacial score (nSPS) is 13.2. The molecule has 0 saturated heterocycles. The summed E-state index contributed by atoms with van der Waals surface area (Å²) in [5, 5.41) is 12.6. The summed E-state index contributed by atoms with van der Waals surface area (Å²) < 4.78 is 7.42. The number of thiophene rings is 1. The lowest BCUT2D eigenvalue weighted by molar-refractivity contribution is -0.113. The minimum Gasteiger partial charge on any atom is -0.462 e. The molecule has 1 aliphatic carbocycles. The Morgan fingerprint density at radius 3 is 2.56 bits per heavy atom. The molecule has 2 heterocycles. The number of benzene rings is 1. The van der Waals surface area contributed by atoms with Crippen LogP contribution in [0.25, 0.3) is 11.1 Å². The summed E-state index contributed by atoms with van der Waals surface area (Å²) in [6, 6.07) is 8.44. The molecular weight excluding hydrogens is 444 g/mol. The van der Waals surface area contributed by atoms with E-state index in [9.17, 15) is 9.59 Å². The van der Waals surface area contributed by atoms with Crippen LogP contribution in [0, 0.1) is 20.8 Å². The van der Waals surface area contributed by atoms with Gasteiger partial charge in [0, 0.05) is 16.5 Å². The van der Waals surface area contributed by atoms with Crippen LogP contribution in [0.1, 0.15) is 52.4 Å². The van der Waals surface area contributed by atoms with Crippen LogP contribution in [0.2, 0.25) is 0 Å². The second-order valence-electron chi connectivity index (χ2n) is 7.79. The van der Waals surface area contributed by atoms with Gasteiger partial charge in [0.1, 0.15) is 16.4 Å². The molecule has 32 heavy (non-hydrogen) atoms. The molecule has 0 aliphatic heterocycles. The van der Waals surface area contributed by atoms with Gasteiger partial charge < -0.3 is 14.6 Å². The highest BCUT2D eigenvalue weighted by Gasteiger charge is 2.29. The Labute approximate surface area is 195 Å². The molecule has 7 nitrogen and oxygen atoms in total. The van der Waals surface area contributed by atoms with E-state index in [0.717, 1.165) is 45.4 Å². The number of thioether (sulfide) groups is 1. The van der Waals surface area contributed by atoms with Crippen molar-refractivity contribution in [3.05, 3.63) is 46.1 Å². The van der Waals surface area contributed by atoms with E-state index in [-0.39, 0.29) is 18.3 Å². The van der Waals surface area contributed by atoms with Crippen LogP contribution < -0.4 is 5.32 Å². The van der Waals surface area contributed by atoms with E-state index in [1.165, 1.54) is 23.1 Å². The molecule has 2 aromatic heterocycles. The van der Waals surface area contributed by atoms with Gasteiger partial charge in [-0.3, -0.25) is 4.79 Å². The van der Waals surface area contributed by atoms with Crippen LogP contribution >= 0.6 is 23.1 Å². The fraction of sp³-hybridized carbons (Fsp3) is 0.391. The summed E-state index contributed by atoms with van der Waals surface area (Å²) in [6.45, 7) is 7.94. The third-order valence-corrected chi connectivity index (χ3v) is 7.20. The summed E-state index contributed by atoms with van der Waals surface area (Å²) >= 11 is 2.75. The molecule has 0 bridgehead atoms. The van der Waals surface area contributed by atoms with E-state index >= 15 is 0 Å². The van der Waals surface area contributed by atoms with Crippen molar-refractivity contribution in [1.29, 1.82) is 0 Å². The number of hydrogen-bond acceptors (Lipinski definition) is 7. The Morgan fingerprint density at radius 1 is 1.19 bits per heavy atom. The van der Waals surface area contributed by atoms with Crippen LogP contribution in [0.3, 0.4) is 0 Å². The largest absolute Gasteiger partial charge is 0.462 e. The van der Waals surface area contributed by atoms with Gasteiger partial charge in [0.15, 0.2) is 5.16 Å². The van der Waals surface area contributed by atoms with Crippen LogP contribution in [-0.4, -0.2) is 39.0 Å². The second-order valence-corrected chi connectivity index (χ2v) is 9.96. The second kappa shape index (κ2) is 9.46. The summed E-state index contributed by atoms with van der Waals surface area (Å²) in [5.74, 6) is 0.431. The minimum atomic E-state index is -0.431. The maximum absolute atomic E-state index is 12.8. The van der Waals surface area contributed by atoms with E-state index in [4.69, 9.17) is 4.74 Å². The predicted molar refractivity (Wildman–Crippen MR) is 128 cm³/mol. The Kier molecular flexibility index (Phi) is 6.66. The topological polar surface area (TPSA) is 86.1 Å². The molecule has 4 rings (SSSR count). The predicted octanol–water partition coefficient (Wildman–Crippen LogP) is 5.17. The molecule has 1 saturated carbocycles. The smallest absolute Gasteiger partial charge is 0.341 e. The van der Waals surface area contributed by atoms with Gasteiger partial charge in [-0.15, -0.1) is 21.5 Å². The summed E-state index contributed by atoms with van der Waals surface area (Å²) in [5.41, 5.74) is 3.28. The van der Waals surface area contributed by atoms with Crippen molar-refractivity contribution < 1.29 is 14.3 Å². The minimum absolute atomic E-state index is 0.184. The number of nitrogens with one attached hydrogen (secondary N) is 1. The van der Waals surface area contributed by atoms with Crippen LogP contribution in [0.4, 0.5) is 5.00 Å². The third-order valence-electron chi connectivity index (χ3n) is 5.24. The molecule has 1 aromatic carbocycles. The van der Waals surface area contributed by atoms with Gasteiger partial charge in [0.2, 0.25) is 5.91 Å². The van der Waals surface area contributed by atoms with Crippen LogP contribution in [0.5, 0.6) is 0 Å². The average molecular weight is 471 g/mol. The molecule has 0 atom stereocenters. The number of hydrogen-bond donors (Lipinski definition) is 1. The maximum Gasteiger partial charge on any atom is 0.341 e. The quantitative estimate of drug-likeness (QED) is 0.361. The molecule has 1 aliphatic rings. The highest BCUT2D eigenvalue weighted by Crippen LogP contribution is 2.41. The van der Waals surface area contributed by atoms with E-state index in [0.29, 0.717) is 16.6 Å². The number of nitrogens with zero attached hydrogens (tertiary/aromatic N) is 3. The SMILES string of the molecule is CCOC(=O)c1c(NC(=O)CSc2nnc(C)n2C2CC2)sc(C)c1-c1ccc(C)cc1. The zero-order chi connectivity index (χ0) is 22.8. The molecule has 0 spiro atoms. The van der Waals surface area contributed by atoms with Gasteiger partial charge in [-0.1, -0.05) is 41.6 Å². The van der Waals surface area contributed by atoms with Crippen LogP contribution in [-0.2, 0) is 9.53 Å². The monoisotopic (exact) mass is 470 g/mol. The number of esters is 1. The van der Waals surface area contributed by atoms with Crippen molar-refractivity contribution in [3.8, 4) is 11.1 Å². The van der Waals surface area contributed by atoms with Crippen molar-refractivity contribution in [3.63, 3.8) is 0 Å². The number of carbonyl (C=O) groups excluding carboxylic acids is 2. The molecule has 1 amide bonds. The first-order valence-corrected chi connectivity index (χ1v) is 12.4. The van der Waals surface area contributed by atoms with Gasteiger partial charge in [-0.2, -0.15) is 0 Å². The number of anilines is 1. The zero-order valence-electron chi connectivity index (χ0n) is 18.6. The van der Waals surface area contributed by atoms with E-state index in [1.807, 2.05) is 45.0 Å². The number of aryl methyl sites for hydroxylation is 3. The first kappa shape index (κ1) is 22.5. The molecule has 168 valence electrons. The first-order valence-electron chi connectivity index (χ1n) is 10.6. The average Bonchev–Trinajstić information content (AvgIpc) is 3.44. The van der Waals surface area contributed by atoms with Crippen molar-refractivity contribution in [1.82, 2.24) is 14.8 Å². The first-order chi connectivity index (χ1) is 15.4. The Hall–Kier alpha value is -2.65.